The summed E-state index contributed by atoms with van der Waals surface area (Å²) in [4.78, 5) is 2.23. The number of anilines is 1. The van der Waals surface area contributed by atoms with Gasteiger partial charge in [-0.3, -0.25) is 0 Å². The van der Waals surface area contributed by atoms with Crippen LogP contribution in [0.4, 0.5) is 5.69 Å². The van der Waals surface area contributed by atoms with Gasteiger partial charge in [-0.25, -0.2) is 0 Å². The van der Waals surface area contributed by atoms with E-state index in [-0.39, 0.29) is 6.61 Å². The zero-order valence-corrected chi connectivity index (χ0v) is 11.0. The number of nitrogens with zero attached hydrogens (tertiary/aromatic N) is 1. The van der Waals surface area contributed by atoms with Gasteiger partial charge in [0.2, 0.25) is 0 Å². The number of nitrogens with two attached hydrogens (primary N) is 1. The normalized spacial score (nSPS) is 25.1. The van der Waals surface area contributed by atoms with E-state index in [2.05, 4.69) is 46.0 Å². The molecule has 1 aromatic carbocycles. The van der Waals surface area contributed by atoms with Crippen LogP contribution in [0.1, 0.15) is 12.0 Å². The lowest BCUT2D eigenvalue weighted by Crippen LogP contribution is -2.46. The lowest BCUT2D eigenvalue weighted by molar-refractivity contribution is 0.210. The summed E-state index contributed by atoms with van der Waals surface area (Å²) in [7, 11) is 0. The van der Waals surface area contributed by atoms with Gasteiger partial charge in [-0.05, 0) is 37.1 Å². The highest BCUT2D eigenvalue weighted by atomic mass is 79.9. The molecule has 1 fully saturated rings. The molecule has 2 rings (SSSR count). The molecular formula is C12H17BrN2O. The number of rotatable bonds is 2. The van der Waals surface area contributed by atoms with E-state index in [0.29, 0.717) is 0 Å². The van der Waals surface area contributed by atoms with Crippen LogP contribution in [0.5, 0.6) is 0 Å². The van der Waals surface area contributed by atoms with Crippen molar-refractivity contribution >= 4 is 21.6 Å². The Balaban J connectivity index is 2.17. The van der Waals surface area contributed by atoms with Gasteiger partial charge in [0.05, 0.1) is 12.1 Å². The van der Waals surface area contributed by atoms with Crippen molar-refractivity contribution in [3.63, 3.8) is 0 Å². The number of hydrogen-bond acceptors (Lipinski definition) is 3. The maximum Gasteiger partial charge on any atom is 0.0629 e. The Kier molecular flexibility index (Phi) is 3.24. The minimum Gasteiger partial charge on any atom is -0.394 e. The van der Waals surface area contributed by atoms with Crippen LogP contribution in [0.15, 0.2) is 22.7 Å². The summed E-state index contributed by atoms with van der Waals surface area (Å²) in [5.41, 5.74) is 8.02. The van der Waals surface area contributed by atoms with E-state index in [1.165, 1.54) is 11.3 Å². The Morgan fingerprint density at radius 3 is 2.88 bits per heavy atom. The molecule has 3 nitrogen and oxygen atoms in total. The van der Waals surface area contributed by atoms with Crippen molar-refractivity contribution < 1.29 is 5.11 Å². The van der Waals surface area contributed by atoms with Gasteiger partial charge in [-0.2, -0.15) is 0 Å². The van der Waals surface area contributed by atoms with Crippen LogP contribution in [-0.2, 0) is 0 Å². The van der Waals surface area contributed by atoms with Gasteiger partial charge in [-0.15, -0.1) is 0 Å². The number of aryl methyl sites for hydroxylation is 1. The highest BCUT2D eigenvalue weighted by Crippen LogP contribution is 2.28. The van der Waals surface area contributed by atoms with Crippen LogP contribution < -0.4 is 10.6 Å². The Hall–Kier alpha value is -0.580. The first-order chi connectivity index (χ1) is 7.54. The average molecular weight is 285 g/mol. The van der Waals surface area contributed by atoms with Crippen LogP contribution >= 0.6 is 15.9 Å². The van der Waals surface area contributed by atoms with Crippen LogP contribution in [0.2, 0.25) is 0 Å². The van der Waals surface area contributed by atoms with Gasteiger partial charge in [0.25, 0.3) is 0 Å². The van der Waals surface area contributed by atoms with Crippen molar-refractivity contribution in [2.75, 3.05) is 24.6 Å². The molecule has 0 aromatic heterocycles. The molecule has 1 aromatic rings. The van der Waals surface area contributed by atoms with E-state index >= 15 is 0 Å². The standard InChI is InChI=1S/C12H17BrN2O/c1-9-6-10(2-3-11(9)13)15-5-4-12(14,7-15)8-16/h2-3,6,16H,4-5,7-8,14H2,1H3. The Morgan fingerprint density at radius 1 is 1.56 bits per heavy atom. The first-order valence-corrected chi connectivity index (χ1v) is 6.24. The molecule has 0 saturated carbocycles. The van der Waals surface area contributed by atoms with Crippen molar-refractivity contribution in [1.29, 1.82) is 0 Å². The number of benzene rings is 1. The largest absolute Gasteiger partial charge is 0.394 e. The van der Waals surface area contributed by atoms with Crippen molar-refractivity contribution in [3.8, 4) is 0 Å². The van der Waals surface area contributed by atoms with Gasteiger partial charge in [0.15, 0.2) is 0 Å². The van der Waals surface area contributed by atoms with Crippen LogP contribution in [0, 0.1) is 6.92 Å². The van der Waals surface area contributed by atoms with Gasteiger partial charge >= 0.3 is 0 Å². The van der Waals surface area contributed by atoms with Crippen molar-refractivity contribution in [1.82, 2.24) is 0 Å². The molecule has 88 valence electrons. The quantitative estimate of drug-likeness (QED) is 0.869. The van der Waals surface area contributed by atoms with E-state index in [0.717, 1.165) is 24.0 Å². The summed E-state index contributed by atoms with van der Waals surface area (Å²) in [5.74, 6) is 0. The maximum absolute atomic E-state index is 9.23. The third-order valence-electron chi connectivity index (χ3n) is 3.21. The minimum atomic E-state index is -0.430. The number of hydrogen-bond donors (Lipinski definition) is 2. The molecule has 4 heteroatoms. The monoisotopic (exact) mass is 284 g/mol. The third-order valence-corrected chi connectivity index (χ3v) is 4.10. The number of halogens is 1. The van der Waals surface area contributed by atoms with E-state index in [4.69, 9.17) is 5.73 Å². The molecule has 1 saturated heterocycles. The molecule has 0 bridgehead atoms. The SMILES string of the molecule is Cc1cc(N2CCC(N)(CO)C2)ccc1Br. The molecule has 1 heterocycles. The lowest BCUT2D eigenvalue weighted by Gasteiger charge is -2.23. The summed E-state index contributed by atoms with van der Waals surface area (Å²) >= 11 is 3.49. The van der Waals surface area contributed by atoms with E-state index in [1.54, 1.807) is 0 Å². The summed E-state index contributed by atoms with van der Waals surface area (Å²) < 4.78 is 1.12. The number of aliphatic hydroxyl groups is 1. The molecule has 1 aliphatic rings. The molecule has 0 amide bonds. The fraction of sp³-hybridized carbons (Fsp3) is 0.500. The molecule has 1 atom stereocenters. The highest BCUT2D eigenvalue weighted by Gasteiger charge is 2.33. The molecule has 16 heavy (non-hydrogen) atoms. The number of aliphatic hydroxyl groups excluding tert-OH is 1. The predicted molar refractivity (Wildman–Crippen MR) is 69.7 cm³/mol. The average Bonchev–Trinajstić information content (AvgIpc) is 2.66. The smallest absolute Gasteiger partial charge is 0.0629 e. The van der Waals surface area contributed by atoms with Gasteiger partial charge in [0.1, 0.15) is 0 Å². The fourth-order valence-corrected chi connectivity index (χ4v) is 2.32. The lowest BCUT2D eigenvalue weighted by atomic mass is 10.0. The van der Waals surface area contributed by atoms with Crippen molar-refractivity contribution in [3.05, 3.63) is 28.2 Å². The molecule has 1 unspecified atom stereocenters. The first kappa shape index (κ1) is 11.9. The van der Waals surface area contributed by atoms with Crippen LogP contribution in [0.25, 0.3) is 0 Å². The van der Waals surface area contributed by atoms with Crippen molar-refractivity contribution in [2.24, 2.45) is 5.73 Å². The molecule has 0 spiro atoms. The van der Waals surface area contributed by atoms with Gasteiger partial charge in [-0.1, -0.05) is 15.9 Å². The van der Waals surface area contributed by atoms with E-state index < -0.39 is 5.54 Å². The summed E-state index contributed by atoms with van der Waals surface area (Å²) in [6.45, 7) is 3.77. The van der Waals surface area contributed by atoms with E-state index in [9.17, 15) is 5.11 Å². The summed E-state index contributed by atoms with van der Waals surface area (Å²) in [5, 5.41) is 9.23. The predicted octanol–water partition coefficient (Wildman–Crippen LogP) is 1.66. The summed E-state index contributed by atoms with van der Waals surface area (Å²) in [6.07, 6.45) is 0.846. The Labute approximate surface area is 104 Å². The Morgan fingerprint density at radius 2 is 2.31 bits per heavy atom. The first-order valence-electron chi connectivity index (χ1n) is 5.45. The topological polar surface area (TPSA) is 49.5 Å². The van der Waals surface area contributed by atoms with Gasteiger partial charge in [0, 0.05) is 23.2 Å². The molecule has 0 radical (unpaired) electrons. The van der Waals surface area contributed by atoms with E-state index in [1.807, 2.05) is 0 Å². The molecule has 0 aliphatic carbocycles. The third kappa shape index (κ3) is 2.24. The second-order valence-electron chi connectivity index (χ2n) is 4.63. The van der Waals surface area contributed by atoms with Gasteiger partial charge < -0.3 is 15.7 Å². The zero-order valence-electron chi connectivity index (χ0n) is 9.41. The zero-order chi connectivity index (χ0) is 11.8. The molecule has 3 N–H and O–H groups in total. The Bertz CT molecular complexity index is 397. The van der Waals surface area contributed by atoms with Crippen molar-refractivity contribution in [2.45, 2.75) is 18.9 Å². The fourth-order valence-electron chi connectivity index (χ4n) is 2.07. The maximum atomic E-state index is 9.23. The van der Waals surface area contributed by atoms with Crippen LogP contribution in [-0.4, -0.2) is 30.3 Å². The highest BCUT2D eigenvalue weighted by molar-refractivity contribution is 9.10. The molecule has 1 aliphatic heterocycles. The van der Waals surface area contributed by atoms with Crippen LogP contribution in [0.3, 0.4) is 0 Å². The minimum absolute atomic E-state index is 0.0546. The second-order valence-corrected chi connectivity index (χ2v) is 5.48. The summed E-state index contributed by atoms with van der Waals surface area (Å²) in [6, 6.07) is 6.29. The second kappa shape index (κ2) is 4.35. The molecular weight excluding hydrogens is 268 g/mol.